The average molecular weight is 373 g/mol. The van der Waals surface area contributed by atoms with Gasteiger partial charge in [0.2, 0.25) is 5.91 Å². The lowest BCUT2D eigenvalue weighted by Gasteiger charge is -2.37. The second kappa shape index (κ2) is 7.68. The van der Waals surface area contributed by atoms with Gasteiger partial charge in [0.15, 0.2) is 11.9 Å². The number of likely N-dealkylation sites (N-methyl/N-ethyl adjacent to an activating group) is 1. The molecule has 2 aliphatic rings. The van der Waals surface area contributed by atoms with E-state index in [9.17, 15) is 14.4 Å². The molecule has 3 rings (SSSR count). The third kappa shape index (κ3) is 3.98. The predicted molar refractivity (Wildman–Crippen MR) is 102 cm³/mol. The molecular formula is C20H27N3O4. The monoisotopic (exact) mass is 373 g/mol. The summed E-state index contributed by atoms with van der Waals surface area (Å²) >= 11 is 0. The number of anilines is 1. The molecule has 2 heterocycles. The zero-order valence-electron chi connectivity index (χ0n) is 16.4. The van der Waals surface area contributed by atoms with Crippen LogP contribution in [-0.2, 0) is 9.59 Å². The van der Waals surface area contributed by atoms with Gasteiger partial charge in [0.05, 0.1) is 5.69 Å². The Balaban J connectivity index is 1.81. The summed E-state index contributed by atoms with van der Waals surface area (Å²) in [6, 6.07) is 5.18. The first kappa shape index (κ1) is 19.4. The van der Waals surface area contributed by atoms with E-state index in [1.807, 2.05) is 0 Å². The van der Waals surface area contributed by atoms with Crippen LogP contribution >= 0.6 is 0 Å². The minimum atomic E-state index is -0.665. The summed E-state index contributed by atoms with van der Waals surface area (Å²) in [6.07, 6.45) is 1.19. The lowest BCUT2D eigenvalue weighted by molar-refractivity contribution is -0.134. The van der Waals surface area contributed by atoms with Crippen molar-refractivity contribution in [3.05, 3.63) is 23.8 Å². The minimum Gasteiger partial charge on any atom is -0.479 e. The highest BCUT2D eigenvalue weighted by Gasteiger charge is 2.34. The van der Waals surface area contributed by atoms with Gasteiger partial charge in [0.25, 0.3) is 5.91 Å². The molecule has 0 radical (unpaired) electrons. The molecule has 0 aliphatic carbocycles. The minimum absolute atomic E-state index is 0.0519. The number of hydrogen-bond acceptors (Lipinski definition) is 5. The molecule has 0 spiro atoms. The van der Waals surface area contributed by atoms with Crippen molar-refractivity contribution in [3.8, 4) is 5.75 Å². The van der Waals surface area contributed by atoms with Crippen LogP contribution in [-0.4, -0.2) is 73.3 Å². The summed E-state index contributed by atoms with van der Waals surface area (Å²) in [5.41, 5.74) is 0.969. The van der Waals surface area contributed by atoms with Gasteiger partial charge in [-0.3, -0.25) is 19.3 Å². The third-order valence-corrected chi connectivity index (χ3v) is 5.50. The van der Waals surface area contributed by atoms with Gasteiger partial charge in [0.1, 0.15) is 12.3 Å². The zero-order valence-corrected chi connectivity index (χ0v) is 16.4. The van der Waals surface area contributed by atoms with Crippen LogP contribution in [0.15, 0.2) is 18.2 Å². The normalized spacial score (nSPS) is 20.8. The molecule has 1 unspecified atom stereocenters. The van der Waals surface area contributed by atoms with Gasteiger partial charge in [-0.1, -0.05) is 0 Å². The molecule has 1 fully saturated rings. The second-order valence-corrected chi connectivity index (χ2v) is 7.46. The molecule has 1 atom stereocenters. The van der Waals surface area contributed by atoms with Crippen molar-refractivity contribution < 1.29 is 19.1 Å². The Morgan fingerprint density at radius 1 is 1.26 bits per heavy atom. The van der Waals surface area contributed by atoms with E-state index in [-0.39, 0.29) is 30.2 Å². The van der Waals surface area contributed by atoms with Crippen LogP contribution < -0.4 is 9.64 Å². The number of likely N-dealkylation sites (tertiary alicyclic amines) is 1. The number of rotatable bonds is 4. The van der Waals surface area contributed by atoms with Gasteiger partial charge in [-0.2, -0.15) is 0 Å². The first-order chi connectivity index (χ1) is 12.8. The van der Waals surface area contributed by atoms with E-state index in [4.69, 9.17) is 4.74 Å². The molecule has 1 aromatic carbocycles. The SMILES string of the molecule is CC(=O)c1ccc2c(c1)N(CC(=O)N(C)C1CCN(C)CC1)C(=O)C(C)O2. The molecule has 0 aromatic heterocycles. The number of hydrogen-bond donors (Lipinski definition) is 0. The molecule has 0 bridgehead atoms. The van der Waals surface area contributed by atoms with Crippen LogP contribution in [0, 0.1) is 0 Å². The number of fused-ring (bicyclic) bond motifs is 1. The Bertz CT molecular complexity index is 756. The number of carbonyl (C=O) groups is 3. The molecule has 146 valence electrons. The number of ether oxygens (including phenoxy) is 1. The Morgan fingerprint density at radius 3 is 2.56 bits per heavy atom. The maximum atomic E-state index is 12.9. The maximum absolute atomic E-state index is 12.9. The van der Waals surface area contributed by atoms with E-state index < -0.39 is 6.10 Å². The molecule has 1 saturated heterocycles. The lowest BCUT2D eigenvalue weighted by Crippen LogP contribution is -2.52. The topological polar surface area (TPSA) is 70.2 Å². The highest BCUT2D eigenvalue weighted by molar-refractivity contribution is 6.05. The highest BCUT2D eigenvalue weighted by atomic mass is 16.5. The van der Waals surface area contributed by atoms with Crippen molar-refractivity contribution in [2.75, 3.05) is 38.6 Å². The molecule has 0 saturated carbocycles. The van der Waals surface area contributed by atoms with E-state index in [1.54, 1.807) is 37.1 Å². The number of ketones is 1. The van der Waals surface area contributed by atoms with Gasteiger partial charge in [-0.15, -0.1) is 0 Å². The van der Waals surface area contributed by atoms with Crippen LogP contribution in [0.4, 0.5) is 5.69 Å². The largest absolute Gasteiger partial charge is 0.479 e. The molecule has 27 heavy (non-hydrogen) atoms. The highest BCUT2D eigenvalue weighted by Crippen LogP contribution is 2.35. The van der Waals surface area contributed by atoms with Crippen molar-refractivity contribution in [2.24, 2.45) is 0 Å². The fourth-order valence-corrected chi connectivity index (χ4v) is 3.62. The number of Topliss-reactive ketones (excluding diaryl/α,β-unsaturated/α-hetero) is 1. The molecule has 1 aromatic rings. The van der Waals surface area contributed by atoms with Crippen molar-refractivity contribution in [3.63, 3.8) is 0 Å². The van der Waals surface area contributed by atoms with Crippen molar-refractivity contribution >= 4 is 23.3 Å². The molecule has 2 aliphatic heterocycles. The lowest BCUT2D eigenvalue weighted by atomic mass is 10.0. The fourth-order valence-electron chi connectivity index (χ4n) is 3.62. The summed E-state index contributed by atoms with van der Waals surface area (Å²) in [6.45, 7) is 5.01. The van der Waals surface area contributed by atoms with Gasteiger partial charge >= 0.3 is 0 Å². The van der Waals surface area contributed by atoms with Gasteiger partial charge < -0.3 is 14.5 Å². The number of benzene rings is 1. The van der Waals surface area contributed by atoms with Gasteiger partial charge in [-0.05, 0) is 65.0 Å². The van der Waals surface area contributed by atoms with Crippen molar-refractivity contribution in [1.82, 2.24) is 9.80 Å². The molecule has 7 nitrogen and oxygen atoms in total. The van der Waals surface area contributed by atoms with E-state index in [1.165, 1.54) is 11.8 Å². The third-order valence-electron chi connectivity index (χ3n) is 5.50. The quantitative estimate of drug-likeness (QED) is 0.749. The average Bonchev–Trinajstić information content (AvgIpc) is 2.64. The second-order valence-electron chi connectivity index (χ2n) is 7.46. The van der Waals surface area contributed by atoms with E-state index in [0.29, 0.717) is 17.0 Å². The molecule has 2 amide bonds. The van der Waals surface area contributed by atoms with E-state index in [2.05, 4.69) is 11.9 Å². The Morgan fingerprint density at radius 2 is 1.93 bits per heavy atom. The first-order valence-electron chi connectivity index (χ1n) is 9.35. The summed E-state index contributed by atoms with van der Waals surface area (Å²) < 4.78 is 5.65. The molecular weight excluding hydrogens is 346 g/mol. The smallest absolute Gasteiger partial charge is 0.268 e. The van der Waals surface area contributed by atoms with Crippen molar-refractivity contribution in [2.45, 2.75) is 38.8 Å². The first-order valence-corrected chi connectivity index (χ1v) is 9.35. The van der Waals surface area contributed by atoms with Crippen LogP contribution in [0.3, 0.4) is 0 Å². The summed E-state index contributed by atoms with van der Waals surface area (Å²) in [4.78, 5) is 42.8. The van der Waals surface area contributed by atoms with E-state index >= 15 is 0 Å². The maximum Gasteiger partial charge on any atom is 0.268 e. The van der Waals surface area contributed by atoms with E-state index in [0.717, 1.165) is 25.9 Å². The summed E-state index contributed by atoms with van der Waals surface area (Å²) in [5, 5.41) is 0. The predicted octanol–water partition coefficient (Wildman–Crippen LogP) is 1.56. The number of amides is 2. The Labute approximate surface area is 159 Å². The van der Waals surface area contributed by atoms with Crippen LogP contribution in [0.5, 0.6) is 5.75 Å². The number of piperidine rings is 1. The Hall–Kier alpha value is -2.41. The number of nitrogens with zero attached hydrogens (tertiary/aromatic N) is 3. The summed E-state index contributed by atoms with van der Waals surface area (Å²) in [7, 11) is 3.88. The van der Waals surface area contributed by atoms with Gasteiger partial charge in [0, 0.05) is 18.7 Å². The Kier molecular flexibility index (Phi) is 5.51. The molecule has 0 N–H and O–H groups in total. The molecule has 7 heteroatoms. The van der Waals surface area contributed by atoms with Crippen LogP contribution in [0.1, 0.15) is 37.0 Å². The fraction of sp³-hybridized carbons (Fsp3) is 0.550. The van der Waals surface area contributed by atoms with Crippen LogP contribution in [0.2, 0.25) is 0 Å². The zero-order chi connectivity index (χ0) is 19.7. The standard InChI is InChI=1S/C20H27N3O4/c1-13(24)15-5-6-18-17(11-15)23(20(26)14(2)27-18)12-19(25)22(4)16-7-9-21(3)10-8-16/h5-6,11,14,16H,7-10,12H2,1-4H3. The van der Waals surface area contributed by atoms with Gasteiger partial charge in [-0.25, -0.2) is 0 Å². The van der Waals surface area contributed by atoms with Crippen LogP contribution in [0.25, 0.3) is 0 Å². The van der Waals surface area contributed by atoms with Crippen molar-refractivity contribution in [1.29, 1.82) is 0 Å². The summed E-state index contributed by atoms with van der Waals surface area (Å²) in [5.74, 6) is 0.0416. The number of carbonyl (C=O) groups excluding carboxylic acids is 3.